The van der Waals surface area contributed by atoms with Gasteiger partial charge >= 0.3 is 0 Å². The molecule has 0 aliphatic carbocycles. The highest BCUT2D eigenvalue weighted by Gasteiger charge is 2.06. The fourth-order valence-corrected chi connectivity index (χ4v) is 3.68. The number of hydrogen-bond acceptors (Lipinski definition) is 3. The number of nitrogens with zero attached hydrogens (tertiary/aromatic N) is 2. The molecule has 0 saturated carbocycles. The smallest absolute Gasteiger partial charge is 0.191 e. The third-order valence-electron chi connectivity index (χ3n) is 3.72. The van der Waals surface area contributed by atoms with E-state index in [1.807, 2.05) is 18.2 Å². The van der Waals surface area contributed by atoms with Crippen molar-refractivity contribution in [3.05, 3.63) is 50.4 Å². The van der Waals surface area contributed by atoms with Gasteiger partial charge in [0.1, 0.15) is 0 Å². The maximum atomic E-state index is 6.00. The zero-order valence-electron chi connectivity index (χ0n) is 14.9. The average Bonchev–Trinajstić information content (AvgIpc) is 2.93. The molecule has 0 amide bonds. The Bertz CT molecular complexity index is 687. The van der Waals surface area contributed by atoms with Crippen molar-refractivity contribution in [1.29, 1.82) is 0 Å². The van der Waals surface area contributed by atoms with Crippen LogP contribution in [0, 0.1) is 6.92 Å². The van der Waals surface area contributed by atoms with Crippen LogP contribution in [0.25, 0.3) is 0 Å². The molecule has 0 atom stereocenters. The Balaban J connectivity index is 0.00000312. The van der Waals surface area contributed by atoms with Gasteiger partial charge in [-0.25, -0.2) is 4.98 Å². The Morgan fingerprint density at radius 3 is 2.56 bits per heavy atom. The zero-order valence-corrected chi connectivity index (χ0v) is 18.8. The van der Waals surface area contributed by atoms with E-state index in [0.717, 1.165) is 43.3 Å². The zero-order chi connectivity index (χ0) is 17.4. The molecule has 0 unspecified atom stereocenters. The van der Waals surface area contributed by atoms with Gasteiger partial charge in [0.05, 0.1) is 10.7 Å². The van der Waals surface area contributed by atoms with Crippen LogP contribution in [0.1, 0.15) is 28.1 Å². The van der Waals surface area contributed by atoms with Gasteiger partial charge in [-0.1, -0.05) is 30.7 Å². The minimum absolute atomic E-state index is 0. The number of aliphatic imine (C=N–C) groups is 1. The fraction of sp³-hybridized carbons (Fsp3) is 0.444. The Morgan fingerprint density at radius 1 is 1.24 bits per heavy atom. The largest absolute Gasteiger partial charge is 0.356 e. The first kappa shape index (κ1) is 22.2. The van der Waals surface area contributed by atoms with E-state index in [9.17, 15) is 0 Å². The number of guanidine groups is 1. The van der Waals surface area contributed by atoms with Crippen LogP contribution in [0.4, 0.5) is 0 Å². The van der Waals surface area contributed by atoms with Crippen LogP contribution in [0.5, 0.6) is 0 Å². The number of hydrogen-bond donors (Lipinski definition) is 2. The van der Waals surface area contributed by atoms with Crippen LogP contribution in [-0.4, -0.2) is 31.1 Å². The van der Waals surface area contributed by atoms with Crippen LogP contribution < -0.4 is 10.6 Å². The number of halogens is 2. The van der Waals surface area contributed by atoms with Crippen LogP contribution in [0.2, 0.25) is 5.02 Å². The lowest BCUT2D eigenvalue weighted by atomic mass is 10.1. The van der Waals surface area contributed by atoms with E-state index in [4.69, 9.17) is 11.6 Å². The Morgan fingerprint density at radius 2 is 1.96 bits per heavy atom. The van der Waals surface area contributed by atoms with E-state index in [1.54, 1.807) is 18.4 Å². The lowest BCUT2D eigenvalue weighted by Gasteiger charge is -2.11. The van der Waals surface area contributed by atoms with Crippen LogP contribution in [0.15, 0.2) is 29.3 Å². The molecule has 7 heteroatoms. The molecule has 0 fully saturated rings. The molecule has 0 bridgehead atoms. The van der Waals surface area contributed by atoms with E-state index in [-0.39, 0.29) is 24.0 Å². The topological polar surface area (TPSA) is 49.3 Å². The molecule has 4 nitrogen and oxygen atoms in total. The second-order valence-corrected chi connectivity index (χ2v) is 7.24. The average molecular weight is 493 g/mol. The van der Waals surface area contributed by atoms with Gasteiger partial charge < -0.3 is 10.6 Å². The molecule has 2 N–H and O–H groups in total. The fourth-order valence-electron chi connectivity index (χ4n) is 2.45. The highest BCUT2D eigenvalue weighted by atomic mass is 127. The summed E-state index contributed by atoms with van der Waals surface area (Å²) >= 11 is 7.79. The number of benzene rings is 1. The minimum Gasteiger partial charge on any atom is -0.356 e. The maximum Gasteiger partial charge on any atom is 0.191 e. The summed E-state index contributed by atoms with van der Waals surface area (Å²) in [6.45, 7) is 5.93. The van der Waals surface area contributed by atoms with E-state index in [2.05, 4.69) is 40.5 Å². The van der Waals surface area contributed by atoms with Crippen molar-refractivity contribution in [2.45, 2.75) is 33.1 Å². The third-order valence-corrected chi connectivity index (χ3v) is 5.03. The number of thiazole rings is 1. The normalized spacial score (nSPS) is 11.1. The Hall–Kier alpha value is -0.860. The summed E-state index contributed by atoms with van der Waals surface area (Å²) < 4.78 is 0. The van der Waals surface area contributed by atoms with Crippen LogP contribution >= 0.6 is 46.9 Å². The monoisotopic (exact) mass is 492 g/mol. The first-order valence-electron chi connectivity index (χ1n) is 8.26. The van der Waals surface area contributed by atoms with Crippen molar-refractivity contribution in [3.63, 3.8) is 0 Å². The van der Waals surface area contributed by atoms with Crippen molar-refractivity contribution >= 4 is 52.9 Å². The van der Waals surface area contributed by atoms with Crippen molar-refractivity contribution in [3.8, 4) is 0 Å². The highest BCUT2D eigenvalue weighted by molar-refractivity contribution is 14.0. The van der Waals surface area contributed by atoms with Gasteiger partial charge in [-0.3, -0.25) is 4.99 Å². The molecule has 0 aliphatic heterocycles. The summed E-state index contributed by atoms with van der Waals surface area (Å²) in [5.41, 5.74) is 2.44. The number of nitrogens with one attached hydrogen (secondary N) is 2. The summed E-state index contributed by atoms with van der Waals surface area (Å²) in [6.07, 6.45) is 2.83. The molecular weight excluding hydrogens is 467 g/mol. The summed E-state index contributed by atoms with van der Waals surface area (Å²) in [4.78, 5) is 10.3. The number of rotatable bonds is 7. The van der Waals surface area contributed by atoms with Gasteiger partial charge in [-0.05, 0) is 37.5 Å². The molecule has 1 aromatic heterocycles. The quantitative estimate of drug-likeness (QED) is 0.345. The molecule has 0 aliphatic rings. The van der Waals surface area contributed by atoms with Crippen molar-refractivity contribution in [2.24, 2.45) is 4.99 Å². The first-order valence-corrected chi connectivity index (χ1v) is 9.46. The van der Waals surface area contributed by atoms with Gasteiger partial charge in [0.15, 0.2) is 5.96 Å². The highest BCUT2D eigenvalue weighted by Crippen LogP contribution is 2.17. The summed E-state index contributed by atoms with van der Waals surface area (Å²) in [5.74, 6) is 0.820. The lowest BCUT2D eigenvalue weighted by molar-refractivity contribution is 0.780. The van der Waals surface area contributed by atoms with Crippen LogP contribution in [0.3, 0.4) is 0 Å². The number of aryl methyl sites for hydroxylation is 2. The molecule has 1 heterocycles. The number of aromatic nitrogens is 1. The third kappa shape index (κ3) is 7.50. The maximum absolute atomic E-state index is 6.00. The van der Waals surface area contributed by atoms with Crippen molar-refractivity contribution in [1.82, 2.24) is 15.6 Å². The second-order valence-electron chi connectivity index (χ2n) is 5.52. The molecular formula is C18H26ClIN4S. The molecule has 0 spiro atoms. The van der Waals surface area contributed by atoms with Crippen LogP contribution in [-0.2, 0) is 19.3 Å². The van der Waals surface area contributed by atoms with E-state index in [1.165, 1.54) is 21.1 Å². The molecule has 2 rings (SSSR count). The van der Waals surface area contributed by atoms with E-state index < -0.39 is 0 Å². The van der Waals surface area contributed by atoms with Gasteiger partial charge in [0, 0.05) is 36.5 Å². The van der Waals surface area contributed by atoms with Gasteiger partial charge in [-0.15, -0.1) is 35.3 Å². The summed E-state index contributed by atoms with van der Waals surface area (Å²) in [5, 5.41) is 8.64. The Labute approximate surface area is 176 Å². The first-order chi connectivity index (χ1) is 11.6. The lowest BCUT2D eigenvalue weighted by Crippen LogP contribution is -2.39. The van der Waals surface area contributed by atoms with Crippen molar-refractivity contribution < 1.29 is 0 Å². The standard InChI is InChI=1S/C18H25ClN4S.HI/c1-4-16-13(2)24-17(23-16)9-11-22-18(20-3)21-10-8-14-6-5-7-15(19)12-14;/h5-7,12H,4,8-11H2,1-3H3,(H2,20,21,22);1H. The minimum atomic E-state index is 0. The molecule has 2 aromatic rings. The molecule has 1 aromatic carbocycles. The van der Waals surface area contributed by atoms with E-state index in [0.29, 0.717) is 0 Å². The van der Waals surface area contributed by atoms with E-state index >= 15 is 0 Å². The summed E-state index contributed by atoms with van der Waals surface area (Å²) in [6, 6.07) is 7.95. The molecule has 0 radical (unpaired) electrons. The second kappa shape index (κ2) is 11.7. The predicted octanol–water partition coefficient (Wildman–Crippen LogP) is 4.24. The molecule has 138 valence electrons. The van der Waals surface area contributed by atoms with Gasteiger partial charge in [0.2, 0.25) is 0 Å². The van der Waals surface area contributed by atoms with Crippen molar-refractivity contribution in [2.75, 3.05) is 20.1 Å². The van der Waals surface area contributed by atoms with Gasteiger partial charge in [0.25, 0.3) is 0 Å². The molecule has 0 saturated heterocycles. The Kier molecular flexibility index (Phi) is 10.4. The SMILES string of the molecule is CCc1nc(CCNC(=NC)NCCc2cccc(Cl)c2)sc1C.I. The molecule has 25 heavy (non-hydrogen) atoms. The van der Waals surface area contributed by atoms with Gasteiger partial charge in [-0.2, -0.15) is 0 Å². The summed E-state index contributed by atoms with van der Waals surface area (Å²) in [7, 11) is 1.79. The predicted molar refractivity (Wildman–Crippen MR) is 120 cm³/mol.